The molecule has 0 aliphatic carbocycles. The molecule has 3 N–H and O–H groups in total. The van der Waals surface area contributed by atoms with E-state index in [1.54, 1.807) is 18.2 Å². The predicted octanol–water partition coefficient (Wildman–Crippen LogP) is 4.71. The van der Waals surface area contributed by atoms with E-state index in [2.05, 4.69) is 15.2 Å². The lowest BCUT2D eigenvalue weighted by Crippen LogP contribution is -2.13. The van der Waals surface area contributed by atoms with E-state index in [9.17, 15) is 23.6 Å². The summed E-state index contributed by atoms with van der Waals surface area (Å²) in [6.07, 6.45) is 1.34. The molecule has 0 unspecified atom stereocenters. The second-order valence-electron chi connectivity index (χ2n) is 7.36. The van der Waals surface area contributed by atoms with Crippen molar-refractivity contribution in [1.29, 1.82) is 0 Å². The Kier molecular flexibility index (Phi) is 6.51. The standard InChI is InChI=1S/C24H20N4O6S/c1-34-18-9-7-17(8-10-18)27-35(32,33)19-11-12-22(23(14-19)28(30)31)26-25-15-21-20-5-3-2-4-16(20)6-13-24(21)29/h2-15,26-27,29H,1H3/b25-15-. The number of nitro groups is 1. The third-order valence-electron chi connectivity index (χ3n) is 5.14. The number of anilines is 2. The Morgan fingerprint density at radius 2 is 1.77 bits per heavy atom. The van der Waals surface area contributed by atoms with Crippen molar-refractivity contribution in [2.24, 2.45) is 5.10 Å². The number of aromatic hydroxyl groups is 1. The van der Waals surface area contributed by atoms with Crippen LogP contribution in [0.25, 0.3) is 10.8 Å². The van der Waals surface area contributed by atoms with Crippen LogP contribution in [0.2, 0.25) is 0 Å². The van der Waals surface area contributed by atoms with Crippen molar-refractivity contribution < 1.29 is 23.2 Å². The fraction of sp³-hybridized carbons (Fsp3) is 0.0417. The van der Waals surface area contributed by atoms with E-state index in [4.69, 9.17) is 4.74 Å². The summed E-state index contributed by atoms with van der Waals surface area (Å²) in [5.74, 6) is 0.547. The fourth-order valence-corrected chi connectivity index (χ4v) is 4.46. The topological polar surface area (TPSA) is 143 Å². The first-order valence-corrected chi connectivity index (χ1v) is 11.7. The maximum atomic E-state index is 12.8. The minimum absolute atomic E-state index is 0.00482. The van der Waals surface area contributed by atoms with Crippen molar-refractivity contribution in [3.63, 3.8) is 0 Å². The molecule has 0 atom stereocenters. The molecule has 0 radical (unpaired) electrons. The molecule has 4 aromatic rings. The molecule has 178 valence electrons. The summed E-state index contributed by atoms with van der Waals surface area (Å²) in [4.78, 5) is 10.6. The highest BCUT2D eigenvalue weighted by atomic mass is 32.2. The zero-order valence-corrected chi connectivity index (χ0v) is 19.2. The normalized spacial score (nSPS) is 11.5. The first-order valence-electron chi connectivity index (χ1n) is 10.2. The molecule has 0 saturated carbocycles. The number of benzene rings is 4. The summed E-state index contributed by atoms with van der Waals surface area (Å²) < 4.78 is 32.9. The molecular formula is C24H20N4O6S. The second-order valence-corrected chi connectivity index (χ2v) is 9.04. The summed E-state index contributed by atoms with van der Waals surface area (Å²) >= 11 is 0. The van der Waals surface area contributed by atoms with Gasteiger partial charge in [0.2, 0.25) is 0 Å². The number of nitrogens with zero attached hydrogens (tertiary/aromatic N) is 2. The number of nitro benzene ring substituents is 1. The minimum atomic E-state index is -4.09. The largest absolute Gasteiger partial charge is 0.507 e. The lowest BCUT2D eigenvalue weighted by atomic mass is 10.0. The molecule has 4 rings (SSSR count). The van der Waals surface area contributed by atoms with E-state index in [0.717, 1.165) is 16.8 Å². The number of sulfonamides is 1. The highest BCUT2D eigenvalue weighted by Gasteiger charge is 2.21. The van der Waals surface area contributed by atoms with Gasteiger partial charge in [-0.1, -0.05) is 30.3 Å². The molecule has 0 heterocycles. The van der Waals surface area contributed by atoms with Gasteiger partial charge in [-0.15, -0.1) is 0 Å². The van der Waals surface area contributed by atoms with Crippen LogP contribution >= 0.6 is 0 Å². The van der Waals surface area contributed by atoms with Crippen molar-refractivity contribution in [3.05, 3.63) is 94.5 Å². The van der Waals surface area contributed by atoms with Gasteiger partial charge in [0.15, 0.2) is 0 Å². The van der Waals surface area contributed by atoms with Gasteiger partial charge in [-0.3, -0.25) is 20.3 Å². The van der Waals surface area contributed by atoms with E-state index in [-0.39, 0.29) is 22.0 Å². The van der Waals surface area contributed by atoms with E-state index in [1.807, 2.05) is 24.3 Å². The Bertz CT molecular complexity index is 1540. The molecule has 0 bridgehead atoms. The van der Waals surface area contributed by atoms with Gasteiger partial charge in [-0.05, 0) is 53.2 Å². The van der Waals surface area contributed by atoms with Gasteiger partial charge in [-0.2, -0.15) is 5.10 Å². The fourth-order valence-electron chi connectivity index (χ4n) is 3.38. The molecule has 10 nitrogen and oxygen atoms in total. The molecule has 0 aromatic heterocycles. The Hall–Kier alpha value is -4.64. The van der Waals surface area contributed by atoms with Crippen molar-refractivity contribution in [3.8, 4) is 11.5 Å². The number of ether oxygens (including phenoxy) is 1. The molecule has 0 amide bonds. The van der Waals surface area contributed by atoms with Crippen molar-refractivity contribution in [2.75, 3.05) is 17.3 Å². The van der Waals surface area contributed by atoms with E-state index >= 15 is 0 Å². The summed E-state index contributed by atoms with van der Waals surface area (Å²) in [7, 11) is -2.60. The van der Waals surface area contributed by atoms with Crippen LogP contribution in [0, 0.1) is 10.1 Å². The van der Waals surface area contributed by atoms with Crippen LogP contribution in [-0.4, -0.2) is 31.8 Å². The van der Waals surface area contributed by atoms with E-state index in [1.165, 1.54) is 43.7 Å². The van der Waals surface area contributed by atoms with Gasteiger partial charge in [0, 0.05) is 17.3 Å². The maximum absolute atomic E-state index is 12.8. The van der Waals surface area contributed by atoms with E-state index in [0.29, 0.717) is 11.3 Å². The number of rotatable bonds is 8. The molecule has 0 saturated heterocycles. The Labute approximate surface area is 200 Å². The number of hydrogen-bond acceptors (Lipinski definition) is 8. The number of phenols is 1. The van der Waals surface area contributed by atoms with Crippen LogP contribution in [0.4, 0.5) is 17.1 Å². The van der Waals surface area contributed by atoms with E-state index < -0.39 is 20.6 Å². The van der Waals surface area contributed by atoms with Crippen molar-refractivity contribution in [2.45, 2.75) is 4.90 Å². The summed E-state index contributed by atoms with van der Waals surface area (Å²) in [5, 5.41) is 27.5. The van der Waals surface area contributed by atoms with Crippen LogP contribution in [0.5, 0.6) is 11.5 Å². The summed E-state index contributed by atoms with van der Waals surface area (Å²) in [6.45, 7) is 0. The number of hydrogen-bond donors (Lipinski definition) is 3. The van der Waals surface area contributed by atoms with Gasteiger partial charge in [-0.25, -0.2) is 8.42 Å². The van der Waals surface area contributed by atoms with Crippen LogP contribution in [0.1, 0.15) is 5.56 Å². The monoisotopic (exact) mass is 492 g/mol. The third kappa shape index (κ3) is 5.14. The third-order valence-corrected chi connectivity index (χ3v) is 6.52. The smallest absolute Gasteiger partial charge is 0.295 e. The Balaban J connectivity index is 1.59. The number of fused-ring (bicyclic) bond motifs is 1. The summed E-state index contributed by atoms with van der Waals surface area (Å²) in [6, 6.07) is 20.3. The quantitative estimate of drug-likeness (QED) is 0.184. The molecule has 11 heteroatoms. The number of nitrogens with one attached hydrogen (secondary N) is 2. The molecule has 0 spiro atoms. The first-order chi connectivity index (χ1) is 16.8. The van der Waals surface area contributed by atoms with Crippen molar-refractivity contribution >= 4 is 44.1 Å². The SMILES string of the molecule is COc1ccc(NS(=O)(=O)c2ccc(N/N=C\c3c(O)ccc4ccccc34)c([N+](=O)[O-])c2)cc1. The van der Waals surface area contributed by atoms with Crippen LogP contribution in [0.3, 0.4) is 0 Å². The van der Waals surface area contributed by atoms with Crippen molar-refractivity contribution in [1.82, 2.24) is 0 Å². The van der Waals surface area contributed by atoms with Gasteiger partial charge in [0.1, 0.15) is 17.2 Å². The molecule has 0 fully saturated rings. The van der Waals surface area contributed by atoms with Gasteiger partial charge in [0.05, 0.1) is 23.1 Å². The van der Waals surface area contributed by atoms with Gasteiger partial charge in [0.25, 0.3) is 15.7 Å². The van der Waals surface area contributed by atoms with Crippen LogP contribution in [-0.2, 0) is 10.0 Å². The van der Waals surface area contributed by atoms with Gasteiger partial charge >= 0.3 is 0 Å². The van der Waals surface area contributed by atoms with Crippen LogP contribution in [0.15, 0.2) is 88.9 Å². The number of phenolic OH excluding ortho intramolecular Hbond substituents is 1. The molecule has 35 heavy (non-hydrogen) atoms. The van der Waals surface area contributed by atoms with Gasteiger partial charge < -0.3 is 9.84 Å². The second kappa shape index (κ2) is 9.69. The van der Waals surface area contributed by atoms with Crippen LogP contribution < -0.4 is 14.9 Å². The first kappa shape index (κ1) is 23.5. The summed E-state index contributed by atoms with van der Waals surface area (Å²) in [5.41, 5.74) is 2.77. The average molecular weight is 493 g/mol. The molecule has 0 aliphatic heterocycles. The Morgan fingerprint density at radius 3 is 2.49 bits per heavy atom. The molecule has 4 aromatic carbocycles. The predicted molar refractivity (Wildman–Crippen MR) is 134 cm³/mol. The highest BCUT2D eigenvalue weighted by molar-refractivity contribution is 7.92. The Morgan fingerprint density at radius 1 is 1.03 bits per heavy atom. The zero-order valence-electron chi connectivity index (χ0n) is 18.4. The zero-order chi connectivity index (χ0) is 25.0. The lowest BCUT2D eigenvalue weighted by Gasteiger charge is -2.10. The number of hydrazone groups is 1. The molecule has 0 aliphatic rings. The highest BCUT2D eigenvalue weighted by Crippen LogP contribution is 2.30. The number of methoxy groups -OCH3 is 1. The molecular weight excluding hydrogens is 472 g/mol. The maximum Gasteiger partial charge on any atom is 0.295 e. The minimum Gasteiger partial charge on any atom is -0.507 e. The lowest BCUT2D eigenvalue weighted by molar-refractivity contribution is -0.384. The average Bonchev–Trinajstić information content (AvgIpc) is 2.85.